The first-order chi connectivity index (χ1) is 13.6. The van der Waals surface area contributed by atoms with Gasteiger partial charge in [0.15, 0.2) is 0 Å². The molecule has 28 heavy (non-hydrogen) atoms. The minimum absolute atomic E-state index is 0.0314. The van der Waals surface area contributed by atoms with E-state index < -0.39 is 0 Å². The lowest BCUT2D eigenvalue weighted by atomic mass is 10.0. The molecule has 2 amide bonds. The van der Waals surface area contributed by atoms with Crippen LogP contribution in [0.1, 0.15) is 61.6 Å². The summed E-state index contributed by atoms with van der Waals surface area (Å²) in [6, 6.07) is 11.9. The van der Waals surface area contributed by atoms with Gasteiger partial charge in [0.1, 0.15) is 11.3 Å². The molecule has 2 atom stereocenters. The molecule has 0 aliphatic carbocycles. The molecule has 1 N–H and O–H groups in total. The maximum absolute atomic E-state index is 13.2. The van der Waals surface area contributed by atoms with E-state index in [1.165, 1.54) is 0 Å². The molecule has 5 nitrogen and oxygen atoms in total. The number of aryl methyl sites for hydroxylation is 1. The van der Waals surface area contributed by atoms with Crippen molar-refractivity contribution in [2.75, 3.05) is 6.54 Å². The van der Waals surface area contributed by atoms with Crippen molar-refractivity contribution in [3.05, 3.63) is 65.7 Å². The van der Waals surface area contributed by atoms with Crippen molar-refractivity contribution >= 4 is 17.0 Å². The number of hydrogen-bond donors (Lipinski definition) is 1. The molecule has 0 saturated carbocycles. The van der Waals surface area contributed by atoms with Crippen LogP contribution < -0.4 is 5.32 Å². The Morgan fingerprint density at radius 3 is 2.75 bits per heavy atom. The molecule has 0 radical (unpaired) electrons. The molecule has 1 fully saturated rings. The highest BCUT2D eigenvalue weighted by Crippen LogP contribution is 2.32. The zero-order chi connectivity index (χ0) is 19.5. The van der Waals surface area contributed by atoms with E-state index in [1.807, 2.05) is 42.2 Å². The molecule has 2 unspecified atom stereocenters. The van der Waals surface area contributed by atoms with Crippen molar-refractivity contribution < 1.29 is 9.21 Å². The van der Waals surface area contributed by atoms with Crippen LogP contribution in [0.15, 0.2) is 53.2 Å². The molecule has 1 aliphatic heterocycles. The fourth-order valence-electron chi connectivity index (χ4n) is 4.22. The van der Waals surface area contributed by atoms with E-state index in [1.54, 1.807) is 12.4 Å². The number of pyridine rings is 1. The van der Waals surface area contributed by atoms with Crippen molar-refractivity contribution in [3.8, 4) is 0 Å². The number of urea groups is 1. The van der Waals surface area contributed by atoms with E-state index in [0.717, 1.165) is 60.1 Å². The quantitative estimate of drug-likeness (QED) is 0.653. The van der Waals surface area contributed by atoms with Gasteiger partial charge in [0.2, 0.25) is 0 Å². The predicted octanol–water partition coefficient (Wildman–Crippen LogP) is 5.52. The van der Waals surface area contributed by atoms with Crippen molar-refractivity contribution in [1.29, 1.82) is 0 Å². The Kier molecular flexibility index (Phi) is 5.33. The minimum Gasteiger partial charge on any atom is -0.459 e. The number of fused-ring (bicyclic) bond motifs is 1. The Balaban J connectivity index is 1.55. The first kappa shape index (κ1) is 18.5. The number of para-hydroxylation sites is 1. The van der Waals surface area contributed by atoms with Gasteiger partial charge in [-0.2, -0.15) is 0 Å². The maximum atomic E-state index is 13.2. The summed E-state index contributed by atoms with van der Waals surface area (Å²) in [5.74, 6) is 0.824. The second-order valence-electron chi connectivity index (χ2n) is 7.60. The molecule has 3 aromatic rings. The number of carbonyl (C=O) groups excluding carboxylic acids is 1. The van der Waals surface area contributed by atoms with Crippen molar-refractivity contribution in [1.82, 2.24) is 15.2 Å². The van der Waals surface area contributed by atoms with Gasteiger partial charge in [0.25, 0.3) is 0 Å². The van der Waals surface area contributed by atoms with Crippen LogP contribution >= 0.6 is 0 Å². The Morgan fingerprint density at radius 1 is 1.18 bits per heavy atom. The number of aromatic nitrogens is 1. The molecule has 5 heteroatoms. The van der Waals surface area contributed by atoms with Gasteiger partial charge in [0, 0.05) is 29.9 Å². The number of furan rings is 1. The molecule has 4 rings (SSSR count). The number of rotatable bonds is 3. The van der Waals surface area contributed by atoms with Gasteiger partial charge >= 0.3 is 6.03 Å². The predicted molar refractivity (Wildman–Crippen MR) is 110 cm³/mol. The van der Waals surface area contributed by atoms with Crippen LogP contribution in [0.3, 0.4) is 0 Å². The van der Waals surface area contributed by atoms with Gasteiger partial charge < -0.3 is 14.6 Å². The minimum atomic E-state index is -0.193. The summed E-state index contributed by atoms with van der Waals surface area (Å²) in [6.07, 6.45) is 7.91. The van der Waals surface area contributed by atoms with Crippen molar-refractivity contribution in [3.63, 3.8) is 0 Å². The number of nitrogens with zero attached hydrogens (tertiary/aromatic N) is 2. The lowest BCUT2D eigenvalue weighted by molar-refractivity contribution is 0.171. The monoisotopic (exact) mass is 377 g/mol. The van der Waals surface area contributed by atoms with Crippen LogP contribution in [-0.2, 0) is 0 Å². The standard InChI is InChI=1S/C23H27N3O2/c1-16-19-8-5-6-10-21(19)28-22(16)17(2)25-23(27)26-15-7-3-4-9-20(26)18-11-13-24-14-12-18/h5-6,8,10-14,17,20H,3-4,7,9,15H2,1-2H3,(H,25,27). The molecule has 1 saturated heterocycles. The fourth-order valence-corrected chi connectivity index (χ4v) is 4.22. The number of likely N-dealkylation sites (tertiary alicyclic amines) is 1. The number of nitrogens with one attached hydrogen (secondary N) is 1. The molecule has 2 aromatic heterocycles. The molecule has 1 aromatic carbocycles. The molecule has 1 aliphatic rings. The molecule has 146 valence electrons. The fraction of sp³-hybridized carbons (Fsp3) is 0.391. The third-order valence-corrected chi connectivity index (χ3v) is 5.72. The summed E-state index contributed by atoms with van der Waals surface area (Å²) >= 11 is 0. The van der Waals surface area contributed by atoms with Gasteiger partial charge in [0.05, 0.1) is 12.1 Å². The molecule has 0 spiro atoms. The average Bonchev–Trinajstić information content (AvgIpc) is 2.90. The van der Waals surface area contributed by atoms with Crippen LogP contribution in [0.4, 0.5) is 4.79 Å². The van der Waals surface area contributed by atoms with Crippen LogP contribution in [0, 0.1) is 6.92 Å². The summed E-state index contributed by atoms with van der Waals surface area (Å²) in [4.78, 5) is 19.3. The van der Waals surface area contributed by atoms with Gasteiger partial charge in [-0.05, 0) is 50.5 Å². The van der Waals surface area contributed by atoms with Crippen LogP contribution in [0.25, 0.3) is 11.0 Å². The Morgan fingerprint density at radius 2 is 1.96 bits per heavy atom. The van der Waals surface area contributed by atoms with E-state index in [4.69, 9.17) is 4.42 Å². The summed E-state index contributed by atoms with van der Waals surface area (Å²) < 4.78 is 6.04. The third kappa shape index (κ3) is 3.61. The van der Waals surface area contributed by atoms with E-state index >= 15 is 0 Å². The van der Waals surface area contributed by atoms with Gasteiger partial charge in [-0.3, -0.25) is 4.98 Å². The topological polar surface area (TPSA) is 58.4 Å². The van der Waals surface area contributed by atoms with E-state index in [9.17, 15) is 4.79 Å². The smallest absolute Gasteiger partial charge is 0.318 e. The molecular weight excluding hydrogens is 350 g/mol. The second-order valence-corrected chi connectivity index (χ2v) is 7.60. The summed E-state index contributed by atoms with van der Waals surface area (Å²) in [6.45, 7) is 4.81. The van der Waals surface area contributed by atoms with E-state index in [2.05, 4.69) is 23.3 Å². The SMILES string of the molecule is Cc1c(C(C)NC(=O)N2CCCCCC2c2ccncc2)oc2ccccc12. The highest BCUT2D eigenvalue weighted by Gasteiger charge is 2.28. The Bertz CT molecular complexity index is 951. The normalized spacial score (nSPS) is 18.6. The lowest BCUT2D eigenvalue weighted by Crippen LogP contribution is -2.43. The summed E-state index contributed by atoms with van der Waals surface area (Å²) in [5.41, 5.74) is 3.10. The van der Waals surface area contributed by atoms with Gasteiger partial charge in [-0.15, -0.1) is 0 Å². The van der Waals surface area contributed by atoms with E-state index in [0.29, 0.717) is 0 Å². The van der Waals surface area contributed by atoms with Crippen molar-refractivity contribution in [2.24, 2.45) is 0 Å². The van der Waals surface area contributed by atoms with Crippen LogP contribution in [0.2, 0.25) is 0 Å². The van der Waals surface area contributed by atoms with Crippen molar-refractivity contribution in [2.45, 2.75) is 51.6 Å². The largest absolute Gasteiger partial charge is 0.459 e. The molecular formula is C23H27N3O2. The summed E-state index contributed by atoms with van der Waals surface area (Å²) in [7, 11) is 0. The second kappa shape index (κ2) is 8.05. The number of amides is 2. The number of benzene rings is 1. The molecule has 3 heterocycles. The molecule has 0 bridgehead atoms. The Labute approximate surface area is 165 Å². The Hall–Kier alpha value is -2.82. The zero-order valence-corrected chi connectivity index (χ0v) is 16.5. The summed E-state index contributed by atoms with van der Waals surface area (Å²) in [5, 5.41) is 4.27. The maximum Gasteiger partial charge on any atom is 0.318 e. The average molecular weight is 377 g/mol. The highest BCUT2D eigenvalue weighted by molar-refractivity contribution is 5.82. The first-order valence-electron chi connectivity index (χ1n) is 10.1. The first-order valence-corrected chi connectivity index (χ1v) is 10.1. The van der Waals surface area contributed by atoms with Crippen LogP contribution in [0.5, 0.6) is 0 Å². The third-order valence-electron chi connectivity index (χ3n) is 5.72. The number of carbonyl (C=O) groups is 1. The van der Waals surface area contributed by atoms with Gasteiger partial charge in [-0.25, -0.2) is 4.79 Å². The number of hydrogen-bond acceptors (Lipinski definition) is 3. The zero-order valence-electron chi connectivity index (χ0n) is 16.5. The van der Waals surface area contributed by atoms with Gasteiger partial charge in [-0.1, -0.05) is 31.0 Å². The van der Waals surface area contributed by atoms with Crippen LogP contribution in [-0.4, -0.2) is 22.5 Å². The van der Waals surface area contributed by atoms with E-state index in [-0.39, 0.29) is 18.1 Å². The lowest BCUT2D eigenvalue weighted by Gasteiger charge is -2.31. The highest BCUT2D eigenvalue weighted by atomic mass is 16.3.